The van der Waals surface area contributed by atoms with E-state index in [9.17, 15) is 18.0 Å². The number of thiazole rings is 1. The van der Waals surface area contributed by atoms with Gasteiger partial charge in [-0.1, -0.05) is 11.3 Å². The minimum atomic E-state index is -3.77. The Morgan fingerprint density at radius 3 is 2.29 bits per heavy atom. The molecule has 0 aliphatic carbocycles. The molecule has 13 heteroatoms. The number of sulfonamides is 1. The van der Waals surface area contributed by atoms with Crippen molar-refractivity contribution in [1.29, 1.82) is 0 Å². The number of benzene rings is 2. The molecule has 0 radical (unpaired) electrons. The SMILES string of the molecule is CCOC(=O)N1CCN(S(=O)(=O)c2ccc(C(=O)N=c3sc4cc5c(cc4n3CC)OCCO5)cc2)CC1. The lowest BCUT2D eigenvalue weighted by atomic mass is 10.2. The average Bonchev–Trinajstić information content (AvgIpc) is 3.27. The molecule has 1 saturated heterocycles. The molecule has 3 aromatic rings. The third-order valence-electron chi connectivity index (χ3n) is 6.36. The van der Waals surface area contributed by atoms with Gasteiger partial charge in [0.2, 0.25) is 10.0 Å². The van der Waals surface area contributed by atoms with Crippen LogP contribution in [0.3, 0.4) is 0 Å². The highest BCUT2D eigenvalue weighted by Gasteiger charge is 2.30. The second kappa shape index (κ2) is 10.8. The number of aryl methyl sites for hydroxylation is 1. The summed E-state index contributed by atoms with van der Waals surface area (Å²) in [5.74, 6) is 0.869. The van der Waals surface area contributed by atoms with Crippen LogP contribution in [0.1, 0.15) is 24.2 Å². The lowest BCUT2D eigenvalue weighted by Gasteiger charge is -2.33. The summed E-state index contributed by atoms with van der Waals surface area (Å²) in [6, 6.07) is 9.57. The molecule has 1 fully saturated rings. The Bertz CT molecular complexity index is 1540. The summed E-state index contributed by atoms with van der Waals surface area (Å²) in [6.07, 6.45) is -0.444. The Balaban J connectivity index is 1.34. The minimum Gasteiger partial charge on any atom is -0.486 e. The molecule has 202 valence electrons. The van der Waals surface area contributed by atoms with Crippen LogP contribution in [0.2, 0.25) is 0 Å². The predicted molar refractivity (Wildman–Crippen MR) is 140 cm³/mol. The van der Waals surface area contributed by atoms with Gasteiger partial charge in [0.15, 0.2) is 16.3 Å². The summed E-state index contributed by atoms with van der Waals surface area (Å²) in [4.78, 5) is 31.3. The molecule has 0 unspecified atom stereocenters. The van der Waals surface area contributed by atoms with Crippen LogP contribution < -0.4 is 14.3 Å². The number of carbonyl (C=O) groups excluding carboxylic acids is 2. The molecular weight excluding hydrogens is 532 g/mol. The Kier molecular flexibility index (Phi) is 7.41. The fourth-order valence-corrected chi connectivity index (χ4v) is 6.92. The van der Waals surface area contributed by atoms with Gasteiger partial charge in [-0.05, 0) is 38.1 Å². The summed E-state index contributed by atoms with van der Waals surface area (Å²) in [5.41, 5.74) is 1.18. The van der Waals surface area contributed by atoms with Gasteiger partial charge in [-0.25, -0.2) is 13.2 Å². The second-order valence-corrected chi connectivity index (χ2v) is 11.6. The van der Waals surface area contributed by atoms with E-state index < -0.39 is 22.0 Å². The van der Waals surface area contributed by atoms with Gasteiger partial charge in [-0.2, -0.15) is 9.30 Å². The highest BCUT2D eigenvalue weighted by Crippen LogP contribution is 2.35. The van der Waals surface area contributed by atoms with E-state index in [-0.39, 0.29) is 43.2 Å². The first kappa shape index (κ1) is 26.2. The van der Waals surface area contributed by atoms with Crippen molar-refractivity contribution in [3.8, 4) is 11.5 Å². The van der Waals surface area contributed by atoms with Crippen molar-refractivity contribution in [2.45, 2.75) is 25.3 Å². The lowest BCUT2D eigenvalue weighted by Crippen LogP contribution is -2.50. The van der Waals surface area contributed by atoms with E-state index in [0.717, 1.165) is 10.2 Å². The van der Waals surface area contributed by atoms with Gasteiger partial charge in [0, 0.05) is 50.4 Å². The van der Waals surface area contributed by atoms with E-state index in [1.165, 1.54) is 44.8 Å². The van der Waals surface area contributed by atoms with Crippen LogP contribution in [0.15, 0.2) is 46.3 Å². The smallest absolute Gasteiger partial charge is 0.409 e. The van der Waals surface area contributed by atoms with Crippen LogP contribution in [0, 0.1) is 0 Å². The summed E-state index contributed by atoms with van der Waals surface area (Å²) in [6.45, 7) is 6.37. The van der Waals surface area contributed by atoms with Crippen LogP contribution in [0.4, 0.5) is 4.79 Å². The van der Waals surface area contributed by atoms with E-state index in [4.69, 9.17) is 14.2 Å². The Labute approximate surface area is 223 Å². The fraction of sp³-hybridized carbons (Fsp3) is 0.400. The van der Waals surface area contributed by atoms with E-state index in [0.29, 0.717) is 36.1 Å². The molecule has 0 spiro atoms. The normalized spacial score (nSPS) is 16.6. The average molecular weight is 561 g/mol. The van der Waals surface area contributed by atoms with Crippen molar-refractivity contribution in [1.82, 2.24) is 13.8 Å². The number of hydrogen-bond donors (Lipinski definition) is 0. The van der Waals surface area contributed by atoms with Gasteiger partial charge >= 0.3 is 6.09 Å². The van der Waals surface area contributed by atoms with Crippen molar-refractivity contribution in [3.63, 3.8) is 0 Å². The molecule has 0 N–H and O–H groups in total. The number of amides is 2. The second-order valence-electron chi connectivity index (χ2n) is 8.62. The zero-order valence-electron chi connectivity index (χ0n) is 21.1. The monoisotopic (exact) mass is 560 g/mol. The molecule has 11 nitrogen and oxygen atoms in total. The molecule has 2 aromatic carbocycles. The Morgan fingerprint density at radius 1 is 1.00 bits per heavy atom. The first-order valence-corrected chi connectivity index (χ1v) is 14.6. The molecule has 2 amide bonds. The zero-order chi connectivity index (χ0) is 26.9. The van der Waals surface area contributed by atoms with Gasteiger partial charge < -0.3 is 23.7 Å². The molecule has 0 saturated carbocycles. The first-order valence-electron chi connectivity index (χ1n) is 12.4. The molecule has 0 bridgehead atoms. The van der Waals surface area contributed by atoms with E-state index in [1.807, 2.05) is 23.6 Å². The van der Waals surface area contributed by atoms with Crippen molar-refractivity contribution in [3.05, 3.63) is 46.8 Å². The molecular formula is C25H28N4O7S2. The maximum absolute atomic E-state index is 13.1. The predicted octanol–water partition coefficient (Wildman–Crippen LogP) is 2.70. The molecule has 2 aliphatic rings. The van der Waals surface area contributed by atoms with Crippen LogP contribution in [0.5, 0.6) is 11.5 Å². The largest absolute Gasteiger partial charge is 0.486 e. The highest BCUT2D eigenvalue weighted by molar-refractivity contribution is 7.89. The molecule has 0 atom stereocenters. The number of rotatable bonds is 5. The third kappa shape index (κ3) is 5.00. The number of aromatic nitrogens is 1. The van der Waals surface area contributed by atoms with Crippen LogP contribution in [-0.4, -0.2) is 80.2 Å². The van der Waals surface area contributed by atoms with Crippen molar-refractivity contribution >= 4 is 43.6 Å². The summed E-state index contributed by atoms with van der Waals surface area (Å²) in [5, 5.41) is 0. The highest BCUT2D eigenvalue weighted by atomic mass is 32.2. The van der Waals surface area contributed by atoms with Gasteiger partial charge in [0.1, 0.15) is 13.2 Å². The van der Waals surface area contributed by atoms with Gasteiger partial charge in [-0.15, -0.1) is 0 Å². The number of carbonyl (C=O) groups is 2. The van der Waals surface area contributed by atoms with Crippen LogP contribution in [-0.2, 0) is 21.3 Å². The number of fused-ring (bicyclic) bond motifs is 2. The maximum Gasteiger partial charge on any atom is 0.409 e. The van der Waals surface area contributed by atoms with E-state index >= 15 is 0 Å². The summed E-state index contributed by atoms with van der Waals surface area (Å²) >= 11 is 1.38. The fourth-order valence-electron chi connectivity index (χ4n) is 4.39. The number of hydrogen-bond acceptors (Lipinski definition) is 8. The van der Waals surface area contributed by atoms with Crippen LogP contribution in [0.25, 0.3) is 10.2 Å². The van der Waals surface area contributed by atoms with Gasteiger partial charge in [0.25, 0.3) is 5.91 Å². The van der Waals surface area contributed by atoms with Crippen molar-refractivity contribution in [2.24, 2.45) is 4.99 Å². The van der Waals surface area contributed by atoms with E-state index in [2.05, 4.69) is 4.99 Å². The Morgan fingerprint density at radius 2 is 1.66 bits per heavy atom. The van der Waals surface area contributed by atoms with Crippen molar-refractivity contribution in [2.75, 3.05) is 46.0 Å². The summed E-state index contributed by atoms with van der Waals surface area (Å²) < 4.78 is 46.8. The molecule has 3 heterocycles. The summed E-state index contributed by atoms with van der Waals surface area (Å²) in [7, 11) is -3.77. The minimum absolute atomic E-state index is 0.0784. The standard InChI is InChI=1S/C25H28N4O7S2/c1-3-29-19-15-20-21(36-14-13-35-20)16-22(19)37-24(29)26-23(30)17-5-7-18(8-6-17)38(32,33)28-11-9-27(10-12-28)25(31)34-4-2/h5-8,15-16H,3-4,9-14H2,1-2H3. The topological polar surface area (TPSA) is 120 Å². The maximum atomic E-state index is 13.1. The molecule has 2 aliphatic heterocycles. The molecule has 38 heavy (non-hydrogen) atoms. The molecule has 5 rings (SSSR count). The van der Waals surface area contributed by atoms with Crippen LogP contribution >= 0.6 is 11.3 Å². The van der Waals surface area contributed by atoms with Crippen molar-refractivity contribution < 1.29 is 32.2 Å². The Hall–Kier alpha value is -3.42. The van der Waals surface area contributed by atoms with E-state index in [1.54, 1.807) is 6.92 Å². The molecule has 1 aromatic heterocycles. The van der Waals surface area contributed by atoms with Gasteiger partial charge in [-0.3, -0.25) is 4.79 Å². The van der Waals surface area contributed by atoms with Gasteiger partial charge in [0.05, 0.1) is 21.7 Å². The number of piperazine rings is 1. The quantitative estimate of drug-likeness (QED) is 0.471. The first-order chi connectivity index (χ1) is 18.3. The zero-order valence-corrected chi connectivity index (χ0v) is 22.7. The lowest BCUT2D eigenvalue weighted by molar-refractivity contribution is 0.0933. The third-order valence-corrected chi connectivity index (χ3v) is 9.32. The number of ether oxygens (including phenoxy) is 3. The number of nitrogens with zero attached hydrogens (tertiary/aromatic N) is 4.